The number of hydrogen-bond acceptors (Lipinski definition) is 3. The molecule has 2 rings (SSSR count). The van der Waals surface area contributed by atoms with Crippen LogP contribution >= 0.6 is 23.4 Å². The Hall–Kier alpha value is -2.00. The zero-order valence-corrected chi connectivity index (χ0v) is 19.5. The summed E-state index contributed by atoms with van der Waals surface area (Å²) in [6, 6.07) is 1.08. The monoisotopic (exact) mass is 480 g/mol. The van der Waals surface area contributed by atoms with Crippen molar-refractivity contribution in [3.63, 3.8) is 0 Å². The molecule has 1 aromatic carbocycles. The fourth-order valence-electron chi connectivity index (χ4n) is 2.76. The predicted molar refractivity (Wildman–Crippen MR) is 117 cm³/mol. The first-order valence-corrected chi connectivity index (χ1v) is 10.8. The highest BCUT2D eigenvalue weighted by Crippen LogP contribution is 2.40. The minimum absolute atomic E-state index is 0.0294. The summed E-state index contributed by atoms with van der Waals surface area (Å²) >= 11 is 7.18. The third kappa shape index (κ3) is 6.49. The van der Waals surface area contributed by atoms with Crippen LogP contribution in [0.1, 0.15) is 34.1 Å². The van der Waals surface area contributed by atoms with Gasteiger partial charge >= 0.3 is 12.2 Å². The van der Waals surface area contributed by atoms with Gasteiger partial charge in [0.1, 0.15) is 17.8 Å². The number of thioether (sulfide) groups is 1. The second-order valence-corrected chi connectivity index (χ2v) is 8.54. The van der Waals surface area contributed by atoms with Crippen molar-refractivity contribution in [2.24, 2.45) is 5.92 Å². The van der Waals surface area contributed by atoms with Crippen molar-refractivity contribution in [3.05, 3.63) is 47.0 Å². The van der Waals surface area contributed by atoms with Crippen molar-refractivity contribution >= 4 is 41.4 Å². The molecule has 31 heavy (non-hydrogen) atoms. The molecule has 0 aromatic heterocycles. The molecule has 0 bridgehead atoms. The number of urea groups is 1. The molecule has 2 amide bonds. The van der Waals surface area contributed by atoms with E-state index in [0.29, 0.717) is 22.3 Å². The highest BCUT2D eigenvalue weighted by Gasteiger charge is 2.43. The molecule has 1 aliphatic heterocycles. The van der Waals surface area contributed by atoms with Gasteiger partial charge in [-0.05, 0) is 30.5 Å². The molecule has 0 spiro atoms. The number of nitrogens with zero attached hydrogens (tertiary/aromatic N) is 2. The van der Waals surface area contributed by atoms with Gasteiger partial charge in [-0.1, -0.05) is 45.9 Å². The molecule has 1 aliphatic rings. The Balaban J connectivity index is 0.00000233. The van der Waals surface area contributed by atoms with Gasteiger partial charge < -0.3 is 4.79 Å². The number of halogens is 5. The van der Waals surface area contributed by atoms with Crippen molar-refractivity contribution in [1.29, 1.82) is 0 Å². The van der Waals surface area contributed by atoms with E-state index in [1.165, 1.54) is 6.07 Å². The van der Waals surface area contributed by atoms with Gasteiger partial charge in [0.2, 0.25) is 0 Å². The summed E-state index contributed by atoms with van der Waals surface area (Å²) < 4.78 is 53.9. The van der Waals surface area contributed by atoms with E-state index in [1.54, 1.807) is 0 Å². The molecule has 10 heteroatoms. The third-order valence-electron chi connectivity index (χ3n) is 4.10. The van der Waals surface area contributed by atoms with E-state index < -0.39 is 29.0 Å². The average molecular weight is 481 g/mol. The highest BCUT2D eigenvalue weighted by molar-refractivity contribution is 8.00. The van der Waals surface area contributed by atoms with Crippen LogP contribution in [0.5, 0.6) is 0 Å². The van der Waals surface area contributed by atoms with Crippen LogP contribution in [0.15, 0.2) is 41.1 Å². The first-order valence-electron chi connectivity index (χ1n) is 9.53. The number of carbonyl (C=O) groups is 2. The van der Waals surface area contributed by atoms with Crippen LogP contribution < -0.4 is 4.90 Å². The molecule has 0 radical (unpaired) electrons. The summed E-state index contributed by atoms with van der Waals surface area (Å²) in [4.78, 5) is 25.3. The second-order valence-electron chi connectivity index (χ2n) is 6.85. The fourth-order valence-corrected chi connectivity index (χ4v) is 4.26. The Bertz CT molecular complexity index is 872. The number of benzene rings is 1. The smallest absolute Gasteiger partial charge is 0.302 e. The maximum absolute atomic E-state index is 14.6. The van der Waals surface area contributed by atoms with Crippen molar-refractivity contribution in [2.75, 3.05) is 11.9 Å². The number of aldehydes is 1. The van der Waals surface area contributed by atoms with E-state index in [1.807, 2.05) is 27.7 Å². The van der Waals surface area contributed by atoms with Gasteiger partial charge in [0, 0.05) is 17.6 Å². The molecule has 0 N–H and O–H groups in total. The Morgan fingerprint density at radius 3 is 2.32 bits per heavy atom. The van der Waals surface area contributed by atoms with E-state index in [-0.39, 0.29) is 22.3 Å². The normalized spacial score (nSPS) is 15.5. The minimum atomic E-state index is -4.77. The number of anilines is 1. The van der Waals surface area contributed by atoms with Crippen LogP contribution in [0, 0.1) is 11.7 Å². The van der Waals surface area contributed by atoms with Crippen LogP contribution in [0.2, 0.25) is 5.02 Å². The number of rotatable bonds is 6. The molecule has 0 fully saturated rings. The molecular formula is C21H25ClF4N2O2S. The van der Waals surface area contributed by atoms with Crippen molar-refractivity contribution in [1.82, 2.24) is 4.90 Å². The summed E-state index contributed by atoms with van der Waals surface area (Å²) in [5.41, 5.74) is -1.84. The Morgan fingerprint density at radius 2 is 1.84 bits per heavy atom. The van der Waals surface area contributed by atoms with Gasteiger partial charge in [-0.25, -0.2) is 9.18 Å². The molecular weight excluding hydrogens is 456 g/mol. The molecule has 172 valence electrons. The fraction of sp³-hybridized carbons (Fsp3) is 0.429. The van der Waals surface area contributed by atoms with Gasteiger partial charge in [0.25, 0.3) is 0 Å². The minimum Gasteiger partial charge on any atom is -0.302 e. The van der Waals surface area contributed by atoms with E-state index in [2.05, 4.69) is 6.58 Å². The lowest BCUT2D eigenvalue weighted by Crippen LogP contribution is -2.46. The van der Waals surface area contributed by atoms with Crippen LogP contribution in [0.25, 0.3) is 0 Å². The topological polar surface area (TPSA) is 40.6 Å². The lowest BCUT2D eigenvalue weighted by Gasteiger charge is -2.35. The van der Waals surface area contributed by atoms with Gasteiger partial charge in [0.05, 0.1) is 16.0 Å². The van der Waals surface area contributed by atoms with Crippen LogP contribution in [-0.4, -0.2) is 35.7 Å². The lowest BCUT2D eigenvalue weighted by atomic mass is 10.1. The number of hydrogen-bond donors (Lipinski definition) is 0. The second kappa shape index (κ2) is 11.0. The number of alkyl halides is 3. The van der Waals surface area contributed by atoms with Gasteiger partial charge in [-0.2, -0.15) is 13.2 Å². The van der Waals surface area contributed by atoms with E-state index in [9.17, 15) is 27.2 Å². The molecule has 0 saturated carbocycles. The first-order chi connectivity index (χ1) is 14.4. The number of amides is 2. The SMILES string of the molecule is C=C1C=C(C(F)(F)F)N(C)C(=O)N1c1cc(SC(C=O)CC(C)C)c(Cl)cc1F.CC. The zero-order chi connectivity index (χ0) is 24.1. The molecule has 1 unspecified atom stereocenters. The van der Waals surface area contributed by atoms with Crippen LogP contribution in [-0.2, 0) is 4.79 Å². The molecule has 0 saturated heterocycles. The third-order valence-corrected chi connectivity index (χ3v) is 5.72. The molecule has 1 heterocycles. The summed E-state index contributed by atoms with van der Waals surface area (Å²) in [6.45, 7) is 11.3. The quantitative estimate of drug-likeness (QED) is 0.249. The highest BCUT2D eigenvalue weighted by atomic mass is 35.5. The average Bonchev–Trinajstić information content (AvgIpc) is 2.67. The van der Waals surface area contributed by atoms with Crippen LogP contribution in [0.4, 0.5) is 28.0 Å². The summed E-state index contributed by atoms with van der Waals surface area (Å²) in [7, 11) is 0.940. The van der Waals surface area contributed by atoms with E-state index >= 15 is 0 Å². The van der Waals surface area contributed by atoms with E-state index in [4.69, 9.17) is 11.6 Å². The number of allylic oxidation sites excluding steroid dienone is 2. The van der Waals surface area contributed by atoms with Crippen molar-refractivity contribution in [3.8, 4) is 0 Å². The van der Waals surface area contributed by atoms with E-state index in [0.717, 1.165) is 36.1 Å². The lowest BCUT2D eigenvalue weighted by molar-refractivity contribution is -0.107. The first kappa shape index (κ1) is 27.0. The standard InChI is InChI=1S/C19H19ClF4N2O2S.C2H6/c1-10(2)5-12(9-27)29-16-8-15(14(21)7-13(16)20)26-11(3)6-17(19(22,23)24)25(4)18(26)28;1-2/h6-10,12H,3,5H2,1-2,4H3;1-2H3. The Labute approximate surface area is 188 Å². The summed E-state index contributed by atoms with van der Waals surface area (Å²) in [6.07, 6.45) is -2.81. The Morgan fingerprint density at radius 1 is 1.26 bits per heavy atom. The van der Waals surface area contributed by atoms with Crippen LogP contribution in [0.3, 0.4) is 0 Å². The predicted octanol–water partition coefficient (Wildman–Crippen LogP) is 7.04. The van der Waals surface area contributed by atoms with Gasteiger partial charge in [-0.15, -0.1) is 11.8 Å². The molecule has 1 aromatic rings. The molecule has 4 nitrogen and oxygen atoms in total. The summed E-state index contributed by atoms with van der Waals surface area (Å²) in [5, 5.41) is -0.424. The van der Waals surface area contributed by atoms with Crippen molar-refractivity contribution < 1.29 is 27.2 Å². The summed E-state index contributed by atoms with van der Waals surface area (Å²) in [5.74, 6) is -0.683. The molecule has 1 atom stereocenters. The molecule has 0 aliphatic carbocycles. The van der Waals surface area contributed by atoms with Gasteiger partial charge in [0.15, 0.2) is 0 Å². The number of carbonyl (C=O) groups excluding carboxylic acids is 2. The largest absolute Gasteiger partial charge is 0.431 e. The maximum atomic E-state index is 14.6. The Kier molecular flexibility index (Phi) is 9.63. The van der Waals surface area contributed by atoms with Crippen molar-refractivity contribution in [2.45, 2.75) is 50.4 Å². The maximum Gasteiger partial charge on any atom is 0.431 e. The van der Waals surface area contributed by atoms with Gasteiger partial charge in [-0.3, -0.25) is 9.80 Å². The zero-order valence-electron chi connectivity index (χ0n) is 17.9.